The molecule has 0 amide bonds. The second-order valence-electron chi connectivity index (χ2n) is 3.65. The Morgan fingerprint density at radius 2 is 2.15 bits per heavy atom. The van der Waals surface area contributed by atoms with E-state index in [1.165, 1.54) is 11.1 Å². The molecule has 110 valence electrons. The molecule has 2 rings (SSSR count). The lowest BCUT2D eigenvalue weighted by Gasteiger charge is -2.08. The average molecular weight is 324 g/mol. The van der Waals surface area contributed by atoms with E-state index in [1.54, 1.807) is 0 Å². The fourth-order valence-corrected chi connectivity index (χ4v) is 1.92. The van der Waals surface area contributed by atoms with E-state index in [9.17, 15) is 4.57 Å². The molecule has 0 fully saturated rings. The van der Waals surface area contributed by atoms with Gasteiger partial charge in [0.05, 0.1) is 6.61 Å². The van der Waals surface area contributed by atoms with Gasteiger partial charge in [-0.2, -0.15) is 14.7 Å². The van der Waals surface area contributed by atoms with Crippen LogP contribution in [0.3, 0.4) is 0 Å². The zero-order valence-electron chi connectivity index (χ0n) is 10.0. The minimum absolute atomic E-state index is 0.0148. The number of imidazole rings is 1. The standard InChI is InChI=1S/C8H11ClN5O5P/c9-6-5-7(13-8(10)12-6)14(3-11-5)19-2-1-18-4-20(15,16)17/h3H,1-2,4H2,(H2,10,12,13)(H2,15,16,17). The van der Waals surface area contributed by atoms with Gasteiger partial charge in [0.1, 0.15) is 24.8 Å². The van der Waals surface area contributed by atoms with Crippen LogP contribution in [0.4, 0.5) is 5.95 Å². The second kappa shape index (κ2) is 5.90. The maximum atomic E-state index is 10.5. The predicted molar refractivity (Wildman–Crippen MR) is 69.1 cm³/mol. The molecule has 0 atom stereocenters. The Kier molecular flexibility index (Phi) is 4.41. The molecule has 0 saturated carbocycles. The first-order chi connectivity index (χ1) is 9.37. The van der Waals surface area contributed by atoms with Crippen LogP contribution in [0, 0.1) is 0 Å². The number of hydrogen-bond acceptors (Lipinski definition) is 7. The van der Waals surface area contributed by atoms with E-state index in [4.69, 9.17) is 36.7 Å². The lowest BCUT2D eigenvalue weighted by Crippen LogP contribution is -2.17. The molecule has 10 nitrogen and oxygen atoms in total. The first-order valence-corrected chi connectivity index (χ1v) is 7.46. The maximum Gasteiger partial charge on any atom is 0.350 e. The van der Waals surface area contributed by atoms with Gasteiger partial charge in [-0.25, -0.2) is 4.98 Å². The molecule has 0 aliphatic heterocycles. The number of ether oxygens (including phenoxy) is 1. The largest absolute Gasteiger partial charge is 0.408 e. The van der Waals surface area contributed by atoms with Crippen molar-refractivity contribution in [3.05, 3.63) is 11.5 Å². The van der Waals surface area contributed by atoms with E-state index in [-0.39, 0.29) is 30.0 Å². The normalized spacial score (nSPS) is 11.9. The molecule has 20 heavy (non-hydrogen) atoms. The van der Waals surface area contributed by atoms with Gasteiger partial charge in [0.25, 0.3) is 0 Å². The van der Waals surface area contributed by atoms with Crippen molar-refractivity contribution in [2.45, 2.75) is 0 Å². The molecule has 12 heteroatoms. The predicted octanol–water partition coefficient (Wildman–Crippen LogP) is -0.358. The summed E-state index contributed by atoms with van der Waals surface area (Å²) >= 11 is 5.84. The molecular formula is C8H11ClN5O5P. The quantitative estimate of drug-likeness (QED) is 0.368. The van der Waals surface area contributed by atoms with E-state index >= 15 is 0 Å². The van der Waals surface area contributed by atoms with E-state index in [2.05, 4.69) is 15.0 Å². The van der Waals surface area contributed by atoms with E-state index in [0.29, 0.717) is 5.52 Å². The highest BCUT2D eigenvalue weighted by Crippen LogP contribution is 2.33. The molecule has 2 heterocycles. The summed E-state index contributed by atoms with van der Waals surface area (Å²) in [4.78, 5) is 34.1. The van der Waals surface area contributed by atoms with Crippen molar-refractivity contribution in [1.82, 2.24) is 19.7 Å². The molecule has 0 saturated heterocycles. The van der Waals surface area contributed by atoms with Gasteiger partial charge in [0.2, 0.25) is 11.6 Å². The summed E-state index contributed by atoms with van der Waals surface area (Å²) in [6.45, 7) is 0.0199. The molecule has 0 radical (unpaired) electrons. The summed E-state index contributed by atoms with van der Waals surface area (Å²) in [5.74, 6) is -0.0226. The van der Waals surface area contributed by atoms with Crippen LogP contribution in [0.2, 0.25) is 5.15 Å². The van der Waals surface area contributed by atoms with Gasteiger partial charge in [-0.3, -0.25) is 4.57 Å². The number of aromatic nitrogens is 4. The Bertz CT molecular complexity index is 658. The van der Waals surface area contributed by atoms with Gasteiger partial charge in [-0.1, -0.05) is 11.6 Å². The number of halogens is 1. The Labute approximate surface area is 117 Å². The third-order valence-electron chi connectivity index (χ3n) is 2.06. The number of rotatable bonds is 6. The van der Waals surface area contributed by atoms with Crippen molar-refractivity contribution in [1.29, 1.82) is 0 Å². The lowest BCUT2D eigenvalue weighted by atomic mass is 10.5. The Morgan fingerprint density at radius 3 is 2.85 bits per heavy atom. The third-order valence-corrected chi connectivity index (χ3v) is 2.84. The summed E-state index contributed by atoms with van der Waals surface area (Å²) in [7, 11) is -4.17. The minimum Gasteiger partial charge on any atom is -0.408 e. The van der Waals surface area contributed by atoms with Crippen molar-refractivity contribution >= 4 is 36.3 Å². The molecule has 0 bridgehead atoms. The van der Waals surface area contributed by atoms with Crippen LogP contribution in [-0.4, -0.2) is 49.0 Å². The second-order valence-corrected chi connectivity index (χ2v) is 5.60. The molecule has 0 aliphatic carbocycles. The summed E-state index contributed by atoms with van der Waals surface area (Å²) < 4.78 is 16.5. The highest BCUT2D eigenvalue weighted by Gasteiger charge is 2.13. The first-order valence-electron chi connectivity index (χ1n) is 5.28. The Morgan fingerprint density at radius 1 is 1.40 bits per heavy atom. The van der Waals surface area contributed by atoms with E-state index < -0.39 is 13.9 Å². The van der Waals surface area contributed by atoms with E-state index in [1.807, 2.05) is 0 Å². The summed E-state index contributed by atoms with van der Waals surface area (Å²) in [5.41, 5.74) is 6.08. The van der Waals surface area contributed by atoms with Crippen molar-refractivity contribution in [2.75, 3.05) is 25.3 Å². The molecule has 0 spiro atoms. The van der Waals surface area contributed by atoms with Gasteiger partial charge in [-0.15, -0.1) is 0 Å². The first kappa shape index (κ1) is 14.9. The van der Waals surface area contributed by atoms with Gasteiger partial charge in [-0.05, 0) is 0 Å². The smallest absolute Gasteiger partial charge is 0.350 e. The van der Waals surface area contributed by atoms with Crippen molar-refractivity contribution < 1.29 is 23.9 Å². The Hall–Kier alpha value is -1.45. The SMILES string of the molecule is Nc1nc(Cl)c2ncn(OCCOCP(=O)(O)O)c2n1. The van der Waals surface area contributed by atoms with E-state index in [0.717, 1.165) is 0 Å². The van der Waals surface area contributed by atoms with Gasteiger partial charge in [0, 0.05) is 0 Å². The van der Waals surface area contributed by atoms with Crippen molar-refractivity contribution in [3.63, 3.8) is 0 Å². The summed E-state index contributed by atoms with van der Waals surface area (Å²) in [6, 6.07) is 0. The topological polar surface area (TPSA) is 146 Å². The highest BCUT2D eigenvalue weighted by molar-refractivity contribution is 7.51. The number of anilines is 1. The molecule has 0 unspecified atom stereocenters. The third kappa shape index (κ3) is 3.78. The van der Waals surface area contributed by atoms with Crippen LogP contribution in [0.25, 0.3) is 11.2 Å². The number of nitrogen functional groups attached to an aromatic ring is 1. The summed E-state index contributed by atoms with van der Waals surface area (Å²) in [5, 5.41) is 0.104. The fourth-order valence-electron chi connectivity index (χ4n) is 1.33. The number of fused-ring (bicyclic) bond motifs is 1. The Balaban J connectivity index is 1.95. The molecule has 2 aromatic rings. The van der Waals surface area contributed by atoms with Gasteiger partial charge < -0.3 is 25.1 Å². The van der Waals surface area contributed by atoms with Crippen LogP contribution in [-0.2, 0) is 9.30 Å². The molecular weight excluding hydrogens is 313 g/mol. The summed E-state index contributed by atoms with van der Waals surface area (Å²) in [6.07, 6.45) is 0.662. The zero-order chi connectivity index (χ0) is 14.8. The number of hydrogen-bond donors (Lipinski definition) is 3. The highest BCUT2D eigenvalue weighted by atomic mass is 35.5. The molecule has 0 aromatic carbocycles. The zero-order valence-corrected chi connectivity index (χ0v) is 11.7. The van der Waals surface area contributed by atoms with Gasteiger partial charge >= 0.3 is 7.60 Å². The van der Waals surface area contributed by atoms with Crippen LogP contribution < -0.4 is 10.6 Å². The van der Waals surface area contributed by atoms with Crippen LogP contribution in [0.15, 0.2) is 6.33 Å². The average Bonchev–Trinajstić information content (AvgIpc) is 2.70. The van der Waals surface area contributed by atoms with Crippen molar-refractivity contribution in [2.24, 2.45) is 0 Å². The van der Waals surface area contributed by atoms with Crippen LogP contribution in [0.5, 0.6) is 0 Å². The van der Waals surface area contributed by atoms with Crippen LogP contribution in [0.1, 0.15) is 0 Å². The minimum atomic E-state index is -4.17. The fraction of sp³-hybridized carbons (Fsp3) is 0.375. The van der Waals surface area contributed by atoms with Crippen LogP contribution >= 0.6 is 19.2 Å². The number of nitrogens with zero attached hydrogens (tertiary/aromatic N) is 4. The molecule has 0 aliphatic rings. The lowest BCUT2D eigenvalue weighted by molar-refractivity contribution is 0.0522. The molecule has 2 aromatic heterocycles. The van der Waals surface area contributed by atoms with Crippen molar-refractivity contribution in [3.8, 4) is 0 Å². The number of nitrogens with two attached hydrogens (primary N) is 1. The monoisotopic (exact) mass is 323 g/mol. The van der Waals surface area contributed by atoms with Gasteiger partial charge in [0.15, 0.2) is 5.15 Å². The molecule has 4 N–H and O–H groups in total. The maximum absolute atomic E-state index is 10.5.